The number of rotatable bonds is 4. The highest BCUT2D eigenvalue weighted by Gasteiger charge is 2.41. The second-order valence-electron chi connectivity index (χ2n) is 6.10. The normalized spacial score (nSPS) is 16.2. The van der Waals surface area contributed by atoms with Gasteiger partial charge >= 0.3 is 0 Å². The first-order valence-electron chi connectivity index (χ1n) is 8.06. The van der Waals surface area contributed by atoms with Crippen LogP contribution in [0.2, 0.25) is 0 Å². The lowest BCUT2D eigenvalue weighted by Gasteiger charge is -2.36. The quantitative estimate of drug-likeness (QED) is 0.896. The van der Waals surface area contributed by atoms with Crippen LogP contribution in [0.15, 0.2) is 48.5 Å². The monoisotopic (exact) mass is 342 g/mol. The van der Waals surface area contributed by atoms with E-state index in [1.54, 1.807) is 36.4 Å². The van der Waals surface area contributed by atoms with Gasteiger partial charge in [0.2, 0.25) is 11.8 Å². The summed E-state index contributed by atoms with van der Waals surface area (Å²) in [7, 11) is 0. The number of benzene rings is 2. The topological polar surface area (TPSA) is 81.4 Å². The first-order valence-corrected chi connectivity index (χ1v) is 8.06. The van der Waals surface area contributed by atoms with Crippen LogP contribution in [-0.4, -0.2) is 25.0 Å². The molecule has 0 atom stereocenters. The molecule has 0 unspecified atom stereocenters. The predicted octanol–water partition coefficient (Wildman–Crippen LogP) is 2.61. The van der Waals surface area contributed by atoms with Crippen molar-refractivity contribution in [3.05, 3.63) is 65.5 Å². The molecule has 0 radical (unpaired) electrons. The number of primary amides is 1. The number of halogens is 1. The van der Waals surface area contributed by atoms with Gasteiger partial charge in [-0.25, -0.2) is 4.39 Å². The Balaban J connectivity index is 1.87. The fourth-order valence-corrected chi connectivity index (χ4v) is 3.10. The predicted molar refractivity (Wildman–Crippen MR) is 91.7 cm³/mol. The number of hydrogen-bond donors (Lipinski definition) is 2. The lowest BCUT2D eigenvalue weighted by atomic mass is 9.73. The Labute approximate surface area is 145 Å². The Hall–Kier alpha value is -2.73. The maximum absolute atomic E-state index is 13.3. The third-order valence-corrected chi connectivity index (χ3v) is 4.61. The van der Waals surface area contributed by atoms with Gasteiger partial charge in [0.05, 0.1) is 5.41 Å². The number of ether oxygens (including phenoxy) is 1. The lowest BCUT2D eigenvalue weighted by Crippen LogP contribution is -2.44. The van der Waals surface area contributed by atoms with Gasteiger partial charge in [0.25, 0.3) is 0 Å². The summed E-state index contributed by atoms with van der Waals surface area (Å²) in [5.41, 5.74) is 6.16. The number of hydrogen-bond acceptors (Lipinski definition) is 3. The molecule has 5 nitrogen and oxygen atoms in total. The first-order chi connectivity index (χ1) is 12.0. The maximum atomic E-state index is 13.3. The molecule has 6 heteroatoms. The molecule has 1 saturated heterocycles. The highest BCUT2D eigenvalue weighted by molar-refractivity contribution is 6.00. The summed E-state index contributed by atoms with van der Waals surface area (Å²) >= 11 is 0. The van der Waals surface area contributed by atoms with E-state index in [0.29, 0.717) is 37.3 Å². The van der Waals surface area contributed by atoms with Crippen LogP contribution in [0.4, 0.5) is 10.1 Å². The SMILES string of the molecule is NC(=O)c1ccc(NC(=O)C2(c3ccc(F)cc3)CCOCC2)cc1. The molecule has 0 aliphatic carbocycles. The van der Waals surface area contributed by atoms with E-state index in [1.165, 1.54) is 12.1 Å². The minimum atomic E-state index is -0.770. The number of anilines is 1. The minimum absolute atomic E-state index is 0.172. The van der Waals surface area contributed by atoms with E-state index in [0.717, 1.165) is 5.56 Å². The van der Waals surface area contributed by atoms with Gasteiger partial charge in [0.1, 0.15) is 5.82 Å². The molecule has 1 heterocycles. The van der Waals surface area contributed by atoms with E-state index >= 15 is 0 Å². The van der Waals surface area contributed by atoms with Crippen LogP contribution in [0.25, 0.3) is 0 Å². The van der Waals surface area contributed by atoms with Crippen molar-refractivity contribution in [1.82, 2.24) is 0 Å². The molecule has 0 saturated carbocycles. The molecule has 25 heavy (non-hydrogen) atoms. The molecule has 0 bridgehead atoms. The van der Waals surface area contributed by atoms with E-state index in [-0.39, 0.29) is 11.7 Å². The molecule has 1 fully saturated rings. The molecule has 0 aromatic heterocycles. The fraction of sp³-hybridized carbons (Fsp3) is 0.263. The lowest BCUT2D eigenvalue weighted by molar-refractivity contribution is -0.125. The number of nitrogens with two attached hydrogens (primary N) is 1. The van der Waals surface area contributed by atoms with E-state index in [4.69, 9.17) is 10.5 Å². The van der Waals surface area contributed by atoms with Crippen molar-refractivity contribution in [2.45, 2.75) is 18.3 Å². The minimum Gasteiger partial charge on any atom is -0.381 e. The van der Waals surface area contributed by atoms with Gasteiger partial charge in [0.15, 0.2) is 0 Å². The van der Waals surface area contributed by atoms with Crippen molar-refractivity contribution in [2.24, 2.45) is 5.73 Å². The molecule has 1 aliphatic heterocycles. The Bertz CT molecular complexity index is 766. The summed E-state index contributed by atoms with van der Waals surface area (Å²) in [5.74, 6) is -1.03. The average Bonchev–Trinajstić information content (AvgIpc) is 2.63. The largest absolute Gasteiger partial charge is 0.381 e. The Morgan fingerprint density at radius 1 is 1.00 bits per heavy atom. The third kappa shape index (κ3) is 3.53. The van der Waals surface area contributed by atoms with Crippen molar-refractivity contribution in [3.8, 4) is 0 Å². The van der Waals surface area contributed by atoms with Gasteiger partial charge in [-0.1, -0.05) is 12.1 Å². The Kier molecular flexibility index (Phi) is 4.81. The van der Waals surface area contributed by atoms with E-state index < -0.39 is 11.3 Å². The molecular weight excluding hydrogens is 323 g/mol. The van der Waals surface area contributed by atoms with Gasteiger partial charge in [-0.05, 0) is 54.8 Å². The summed E-state index contributed by atoms with van der Waals surface area (Å²) < 4.78 is 18.7. The van der Waals surface area contributed by atoms with Crippen LogP contribution in [-0.2, 0) is 14.9 Å². The average molecular weight is 342 g/mol. The van der Waals surface area contributed by atoms with E-state index in [1.807, 2.05) is 0 Å². The van der Waals surface area contributed by atoms with Gasteiger partial charge in [-0.15, -0.1) is 0 Å². The standard InChI is InChI=1S/C19H19FN2O3/c20-15-5-3-14(4-6-15)19(9-11-25-12-10-19)18(24)22-16-7-1-13(2-8-16)17(21)23/h1-8H,9-12H2,(H2,21,23)(H,22,24). The zero-order chi connectivity index (χ0) is 17.9. The zero-order valence-corrected chi connectivity index (χ0v) is 13.6. The highest BCUT2D eigenvalue weighted by Crippen LogP contribution is 2.36. The highest BCUT2D eigenvalue weighted by atomic mass is 19.1. The number of carbonyl (C=O) groups excluding carboxylic acids is 2. The van der Waals surface area contributed by atoms with Crippen LogP contribution in [0.5, 0.6) is 0 Å². The summed E-state index contributed by atoms with van der Waals surface area (Å²) in [4.78, 5) is 24.2. The van der Waals surface area contributed by atoms with Gasteiger partial charge in [0, 0.05) is 24.5 Å². The first kappa shape index (κ1) is 17.1. The molecule has 3 N–H and O–H groups in total. The third-order valence-electron chi connectivity index (χ3n) is 4.61. The van der Waals surface area contributed by atoms with Crippen molar-refractivity contribution < 1.29 is 18.7 Å². The van der Waals surface area contributed by atoms with Crippen LogP contribution < -0.4 is 11.1 Å². The second kappa shape index (κ2) is 7.03. The number of carbonyl (C=O) groups is 2. The summed E-state index contributed by atoms with van der Waals surface area (Å²) in [6.07, 6.45) is 1.04. The van der Waals surface area contributed by atoms with Gasteiger partial charge in [-0.2, -0.15) is 0 Å². The summed E-state index contributed by atoms with van der Waals surface area (Å²) in [6.45, 7) is 0.927. The Morgan fingerprint density at radius 2 is 1.60 bits per heavy atom. The molecule has 2 aromatic rings. The zero-order valence-electron chi connectivity index (χ0n) is 13.6. The molecule has 3 rings (SSSR count). The summed E-state index contributed by atoms with van der Waals surface area (Å²) in [6, 6.07) is 12.4. The number of nitrogens with one attached hydrogen (secondary N) is 1. The van der Waals surface area contributed by atoms with E-state index in [2.05, 4.69) is 5.32 Å². The van der Waals surface area contributed by atoms with Gasteiger partial charge in [-0.3, -0.25) is 9.59 Å². The molecule has 130 valence electrons. The maximum Gasteiger partial charge on any atom is 0.248 e. The summed E-state index contributed by atoms with van der Waals surface area (Å²) in [5, 5.41) is 2.89. The molecule has 2 amide bonds. The van der Waals surface area contributed by atoms with Crippen LogP contribution in [0.3, 0.4) is 0 Å². The van der Waals surface area contributed by atoms with Gasteiger partial charge < -0.3 is 15.8 Å². The number of amides is 2. The smallest absolute Gasteiger partial charge is 0.248 e. The molecular formula is C19H19FN2O3. The Morgan fingerprint density at radius 3 is 2.16 bits per heavy atom. The van der Waals surface area contributed by atoms with Crippen molar-refractivity contribution in [3.63, 3.8) is 0 Å². The molecule has 0 spiro atoms. The van der Waals surface area contributed by atoms with Crippen LogP contribution in [0, 0.1) is 5.82 Å². The van der Waals surface area contributed by atoms with E-state index in [9.17, 15) is 14.0 Å². The second-order valence-corrected chi connectivity index (χ2v) is 6.10. The van der Waals surface area contributed by atoms with Crippen LogP contribution in [0.1, 0.15) is 28.8 Å². The van der Waals surface area contributed by atoms with Crippen LogP contribution >= 0.6 is 0 Å². The van der Waals surface area contributed by atoms with Crippen molar-refractivity contribution in [1.29, 1.82) is 0 Å². The van der Waals surface area contributed by atoms with Crippen molar-refractivity contribution >= 4 is 17.5 Å². The van der Waals surface area contributed by atoms with Crippen molar-refractivity contribution in [2.75, 3.05) is 18.5 Å². The fourth-order valence-electron chi connectivity index (χ4n) is 3.10. The molecule has 2 aromatic carbocycles. The molecule has 1 aliphatic rings.